The van der Waals surface area contributed by atoms with Gasteiger partial charge in [-0.1, -0.05) is 24.3 Å². The predicted molar refractivity (Wildman–Crippen MR) is 103 cm³/mol. The van der Waals surface area contributed by atoms with E-state index in [1.54, 1.807) is 18.2 Å². The van der Waals surface area contributed by atoms with Gasteiger partial charge in [-0.15, -0.1) is 0 Å². The molecule has 2 aromatic rings. The molecule has 2 N–H and O–H groups in total. The summed E-state index contributed by atoms with van der Waals surface area (Å²) in [6, 6.07) is 12.0. The summed E-state index contributed by atoms with van der Waals surface area (Å²) >= 11 is 0. The Morgan fingerprint density at radius 1 is 1.10 bits per heavy atom. The molecule has 2 rings (SSSR count). The van der Waals surface area contributed by atoms with Crippen molar-refractivity contribution in [3.05, 3.63) is 64.2 Å². The summed E-state index contributed by atoms with van der Waals surface area (Å²) in [5, 5.41) is 15.7. The van der Waals surface area contributed by atoms with E-state index in [2.05, 4.69) is 10.6 Å². The van der Waals surface area contributed by atoms with Crippen LogP contribution in [0.3, 0.4) is 0 Å². The molecule has 0 fully saturated rings. The predicted octanol–water partition coefficient (Wildman–Crippen LogP) is 1.90. The van der Waals surface area contributed by atoms with Gasteiger partial charge in [-0.2, -0.15) is 0 Å². The summed E-state index contributed by atoms with van der Waals surface area (Å²) in [6.07, 6.45) is -1.23. The Balaban J connectivity index is 1.89. The fourth-order valence-corrected chi connectivity index (χ4v) is 2.35. The fraction of sp³-hybridized carbons (Fsp3) is 0.211. The van der Waals surface area contributed by atoms with Crippen molar-refractivity contribution < 1.29 is 28.8 Å². The molecule has 152 valence electrons. The minimum atomic E-state index is -1.23. The first-order valence-corrected chi connectivity index (χ1v) is 8.48. The van der Waals surface area contributed by atoms with Crippen molar-refractivity contribution in [2.45, 2.75) is 13.0 Å². The van der Waals surface area contributed by atoms with Gasteiger partial charge >= 0.3 is 5.97 Å². The zero-order chi connectivity index (χ0) is 21.4. The number of esters is 1. The quantitative estimate of drug-likeness (QED) is 0.391. The summed E-state index contributed by atoms with van der Waals surface area (Å²) in [5.74, 6) is -1.80. The third-order valence-corrected chi connectivity index (χ3v) is 3.78. The first-order valence-electron chi connectivity index (χ1n) is 8.48. The summed E-state index contributed by atoms with van der Waals surface area (Å²) in [7, 11) is 1.41. The number of hydrogen-bond acceptors (Lipinski definition) is 7. The maximum absolute atomic E-state index is 12.2. The molecular formula is C19H19N3O7. The molecule has 0 radical (unpaired) electrons. The number of ether oxygens (including phenoxy) is 2. The van der Waals surface area contributed by atoms with Crippen LogP contribution in [0.15, 0.2) is 48.5 Å². The highest BCUT2D eigenvalue weighted by molar-refractivity contribution is 5.99. The number of amides is 2. The highest BCUT2D eigenvalue weighted by Gasteiger charge is 2.22. The molecule has 0 saturated carbocycles. The van der Waals surface area contributed by atoms with Crippen LogP contribution in [0.1, 0.15) is 17.3 Å². The molecule has 0 heterocycles. The SMILES string of the molecule is COc1ccccc1C(=O)NCC(=O)O[C@@H](C)C(=O)Nc1ccccc1[N+](=O)[O-]. The second-order valence-corrected chi connectivity index (χ2v) is 5.78. The smallest absolute Gasteiger partial charge is 0.326 e. The van der Waals surface area contributed by atoms with Crippen LogP contribution < -0.4 is 15.4 Å². The van der Waals surface area contributed by atoms with Crippen LogP contribution in [0.25, 0.3) is 0 Å². The third kappa shape index (κ3) is 5.76. The number of para-hydroxylation sites is 3. The number of anilines is 1. The molecule has 2 amide bonds. The Morgan fingerprint density at radius 2 is 1.76 bits per heavy atom. The van der Waals surface area contributed by atoms with Gasteiger partial charge in [0.15, 0.2) is 6.10 Å². The molecule has 0 bridgehead atoms. The van der Waals surface area contributed by atoms with E-state index in [9.17, 15) is 24.5 Å². The average molecular weight is 401 g/mol. The van der Waals surface area contributed by atoms with Crippen LogP contribution in [-0.2, 0) is 14.3 Å². The van der Waals surface area contributed by atoms with Gasteiger partial charge in [0.05, 0.1) is 17.6 Å². The molecule has 0 spiro atoms. The summed E-state index contributed by atoms with van der Waals surface area (Å²) < 4.78 is 10.0. The van der Waals surface area contributed by atoms with E-state index in [0.29, 0.717) is 5.75 Å². The first-order chi connectivity index (χ1) is 13.8. The van der Waals surface area contributed by atoms with Gasteiger partial charge in [-0.3, -0.25) is 24.5 Å². The van der Waals surface area contributed by atoms with Crippen molar-refractivity contribution >= 4 is 29.2 Å². The number of benzene rings is 2. The zero-order valence-corrected chi connectivity index (χ0v) is 15.7. The van der Waals surface area contributed by atoms with Crippen LogP contribution in [0.2, 0.25) is 0 Å². The molecule has 10 nitrogen and oxygen atoms in total. The maximum Gasteiger partial charge on any atom is 0.326 e. The van der Waals surface area contributed by atoms with Crippen molar-refractivity contribution in [1.82, 2.24) is 5.32 Å². The van der Waals surface area contributed by atoms with Gasteiger partial charge in [0.25, 0.3) is 17.5 Å². The molecular weight excluding hydrogens is 382 g/mol. The Labute approximate surface area is 166 Å². The van der Waals surface area contributed by atoms with E-state index in [4.69, 9.17) is 9.47 Å². The van der Waals surface area contributed by atoms with Crippen molar-refractivity contribution in [2.24, 2.45) is 0 Å². The molecule has 2 aromatic carbocycles. The molecule has 0 aliphatic heterocycles. The Morgan fingerprint density at radius 3 is 2.45 bits per heavy atom. The number of carbonyl (C=O) groups is 3. The number of carbonyl (C=O) groups excluding carboxylic acids is 3. The van der Waals surface area contributed by atoms with E-state index in [1.807, 2.05) is 0 Å². The van der Waals surface area contributed by atoms with E-state index in [-0.39, 0.29) is 16.9 Å². The fourth-order valence-electron chi connectivity index (χ4n) is 2.35. The normalized spacial score (nSPS) is 11.1. The van der Waals surface area contributed by atoms with Crippen LogP contribution in [-0.4, -0.2) is 42.5 Å². The second-order valence-electron chi connectivity index (χ2n) is 5.78. The lowest BCUT2D eigenvalue weighted by Gasteiger charge is -2.14. The van der Waals surface area contributed by atoms with Gasteiger partial charge < -0.3 is 20.1 Å². The lowest BCUT2D eigenvalue weighted by Crippen LogP contribution is -2.36. The van der Waals surface area contributed by atoms with Gasteiger partial charge in [-0.05, 0) is 25.1 Å². The maximum atomic E-state index is 12.2. The standard InChI is InChI=1S/C19H19N3O7/c1-12(18(24)21-14-8-4-5-9-15(14)22(26)27)29-17(23)11-20-19(25)13-7-3-6-10-16(13)28-2/h3-10,12H,11H2,1-2H3,(H,20,25)(H,21,24)/t12-/m0/s1. The number of methoxy groups -OCH3 is 1. The minimum absolute atomic E-state index is 0.0186. The molecule has 0 saturated heterocycles. The van der Waals surface area contributed by atoms with Gasteiger partial charge in [0.1, 0.15) is 18.0 Å². The number of nitro groups is 1. The van der Waals surface area contributed by atoms with Crippen LogP contribution in [0, 0.1) is 10.1 Å². The van der Waals surface area contributed by atoms with Crippen molar-refractivity contribution in [3.63, 3.8) is 0 Å². The number of nitrogens with one attached hydrogen (secondary N) is 2. The van der Waals surface area contributed by atoms with Crippen LogP contribution in [0.4, 0.5) is 11.4 Å². The van der Waals surface area contributed by atoms with E-state index in [0.717, 1.165) is 0 Å². The monoisotopic (exact) mass is 401 g/mol. The number of rotatable bonds is 8. The van der Waals surface area contributed by atoms with Gasteiger partial charge in [0, 0.05) is 6.07 Å². The van der Waals surface area contributed by atoms with Gasteiger partial charge in [-0.25, -0.2) is 0 Å². The molecule has 29 heavy (non-hydrogen) atoms. The second kappa shape index (κ2) is 9.83. The summed E-state index contributed by atoms with van der Waals surface area (Å²) in [6.45, 7) is 0.837. The van der Waals surface area contributed by atoms with Gasteiger partial charge in [0.2, 0.25) is 0 Å². The largest absolute Gasteiger partial charge is 0.496 e. The topological polar surface area (TPSA) is 137 Å². The first kappa shape index (κ1) is 21.4. The van der Waals surface area contributed by atoms with Crippen molar-refractivity contribution in [3.8, 4) is 5.75 Å². The van der Waals surface area contributed by atoms with Crippen LogP contribution in [0.5, 0.6) is 5.75 Å². The van der Waals surface area contributed by atoms with Crippen molar-refractivity contribution in [2.75, 3.05) is 19.0 Å². The molecule has 0 aliphatic rings. The van der Waals surface area contributed by atoms with Crippen LogP contribution >= 0.6 is 0 Å². The number of hydrogen-bond donors (Lipinski definition) is 2. The molecule has 0 unspecified atom stereocenters. The lowest BCUT2D eigenvalue weighted by molar-refractivity contribution is -0.383. The molecule has 0 aliphatic carbocycles. The third-order valence-electron chi connectivity index (χ3n) is 3.78. The Kier molecular flexibility index (Phi) is 7.24. The van der Waals surface area contributed by atoms with E-state index >= 15 is 0 Å². The highest BCUT2D eigenvalue weighted by atomic mass is 16.6. The van der Waals surface area contributed by atoms with E-state index < -0.39 is 35.4 Å². The summed E-state index contributed by atoms with van der Waals surface area (Å²) in [5.41, 5.74) is -0.0664. The lowest BCUT2D eigenvalue weighted by atomic mass is 10.2. The molecule has 10 heteroatoms. The highest BCUT2D eigenvalue weighted by Crippen LogP contribution is 2.23. The van der Waals surface area contributed by atoms with E-state index in [1.165, 1.54) is 44.4 Å². The molecule has 1 atom stereocenters. The average Bonchev–Trinajstić information content (AvgIpc) is 2.72. The number of nitrogens with zero attached hydrogens (tertiary/aromatic N) is 1. The Bertz CT molecular complexity index is 930. The summed E-state index contributed by atoms with van der Waals surface area (Å²) in [4.78, 5) is 46.6. The zero-order valence-electron chi connectivity index (χ0n) is 15.7. The minimum Gasteiger partial charge on any atom is -0.496 e. The number of nitro benzene ring substituents is 1. The Hall–Kier alpha value is -3.95. The van der Waals surface area contributed by atoms with Crippen molar-refractivity contribution in [1.29, 1.82) is 0 Å². The molecule has 0 aromatic heterocycles.